The molecule has 0 N–H and O–H groups in total. The highest BCUT2D eigenvalue weighted by Gasteiger charge is 2.28. The zero-order chi connectivity index (χ0) is 14.5. The molecule has 0 atom stereocenters. The van der Waals surface area contributed by atoms with Crippen LogP contribution in [0.1, 0.15) is 17.3 Å². The zero-order valence-electron chi connectivity index (χ0n) is 10.4. The quantitative estimate of drug-likeness (QED) is 0.593. The SMILES string of the molecule is COc1cc(C(C)=O)ccc1OCCOC(F)(F)F. The first-order valence-electron chi connectivity index (χ1n) is 5.36. The van der Waals surface area contributed by atoms with Crippen LogP contribution in [0, 0.1) is 0 Å². The number of ether oxygens (including phenoxy) is 3. The summed E-state index contributed by atoms with van der Waals surface area (Å²) < 4.78 is 48.8. The summed E-state index contributed by atoms with van der Waals surface area (Å²) in [5, 5.41) is 0. The molecule has 106 valence electrons. The molecule has 1 rings (SSSR count). The molecular formula is C12H13F3O4. The maximum atomic E-state index is 11.7. The van der Waals surface area contributed by atoms with Crippen LogP contribution in [0.15, 0.2) is 18.2 Å². The maximum Gasteiger partial charge on any atom is 0.522 e. The number of hydrogen-bond donors (Lipinski definition) is 0. The van der Waals surface area contributed by atoms with Gasteiger partial charge in [-0.15, -0.1) is 13.2 Å². The van der Waals surface area contributed by atoms with E-state index in [0.29, 0.717) is 5.56 Å². The third-order valence-electron chi connectivity index (χ3n) is 2.18. The summed E-state index contributed by atoms with van der Waals surface area (Å²) in [5.74, 6) is 0.378. The van der Waals surface area contributed by atoms with Gasteiger partial charge in [0.2, 0.25) is 0 Å². The smallest absolute Gasteiger partial charge is 0.493 e. The second-order valence-electron chi connectivity index (χ2n) is 3.56. The van der Waals surface area contributed by atoms with Gasteiger partial charge in [-0.25, -0.2) is 0 Å². The Bertz CT molecular complexity index is 443. The van der Waals surface area contributed by atoms with Crippen molar-refractivity contribution in [1.82, 2.24) is 0 Å². The monoisotopic (exact) mass is 278 g/mol. The lowest BCUT2D eigenvalue weighted by molar-refractivity contribution is -0.325. The predicted octanol–water partition coefficient (Wildman–Crippen LogP) is 2.81. The first kappa shape index (κ1) is 15.3. The fourth-order valence-electron chi connectivity index (χ4n) is 1.31. The Balaban J connectivity index is 2.61. The molecule has 0 fully saturated rings. The molecule has 0 aromatic heterocycles. The minimum absolute atomic E-state index is 0.148. The number of carbonyl (C=O) groups is 1. The molecule has 1 aromatic rings. The van der Waals surface area contributed by atoms with E-state index in [0.717, 1.165) is 0 Å². The number of benzene rings is 1. The molecule has 0 radical (unpaired) electrons. The third-order valence-corrected chi connectivity index (χ3v) is 2.18. The van der Waals surface area contributed by atoms with Crippen LogP contribution in [0.4, 0.5) is 13.2 Å². The fourth-order valence-corrected chi connectivity index (χ4v) is 1.31. The van der Waals surface area contributed by atoms with Crippen LogP contribution in [0.3, 0.4) is 0 Å². The van der Waals surface area contributed by atoms with E-state index in [-0.39, 0.29) is 23.9 Å². The van der Waals surface area contributed by atoms with E-state index < -0.39 is 13.0 Å². The number of methoxy groups -OCH3 is 1. The molecule has 4 nitrogen and oxygen atoms in total. The standard InChI is InChI=1S/C12H13F3O4/c1-8(16)9-3-4-10(11(7-9)17-2)18-5-6-19-12(13,14)15/h3-4,7H,5-6H2,1-2H3. The summed E-state index contributed by atoms with van der Waals surface area (Å²) in [6.07, 6.45) is -4.67. The number of hydrogen-bond acceptors (Lipinski definition) is 4. The Morgan fingerprint density at radius 2 is 1.89 bits per heavy atom. The molecule has 7 heteroatoms. The van der Waals surface area contributed by atoms with Crippen LogP contribution in [0.2, 0.25) is 0 Å². The van der Waals surface area contributed by atoms with Gasteiger partial charge in [0.25, 0.3) is 0 Å². The lowest BCUT2D eigenvalue weighted by atomic mass is 10.1. The van der Waals surface area contributed by atoms with Gasteiger partial charge < -0.3 is 9.47 Å². The molecule has 0 bridgehead atoms. The number of Topliss-reactive ketones (excluding diaryl/α,β-unsaturated/α-hetero) is 1. The van der Waals surface area contributed by atoms with Crippen LogP contribution in [0.25, 0.3) is 0 Å². The van der Waals surface area contributed by atoms with Gasteiger partial charge in [0.05, 0.1) is 13.7 Å². The van der Waals surface area contributed by atoms with Crippen molar-refractivity contribution in [2.45, 2.75) is 13.3 Å². The van der Waals surface area contributed by atoms with Crippen molar-refractivity contribution in [3.8, 4) is 11.5 Å². The van der Waals surface area contributed by atoms with E-state index in [1.807, 2.05) is 0 Å². The highest BCUT2D eigenvalue weighted by Crippen LogP contribution is 2.28. The second-order valence-corrected chi connectivity index (χ2v) is 3.56. The zero-order valence-corrected chi connectivity index (χ0v) is 10.4. The van der Waals surface area contributed by atoms with E-state index in [9.17, 15) is 18.0 Å². The van der Waals surface area contributed by atoms with E-state index in [2.05, 4.69) is 4.74 Å². The van der Waals surface area contributed by atoms with Gasteiger partial charge in [-0.05, 0) is 25.1 Å². The topological polar surface area (TPSA) is 44.8 Å². The van der Waals surface area contributed by atoms with Gasteiger partial charge in [0.1, 0.15) is 6.61 Å². The Hall–Kier alpha value is -1.76. The van der Waals surface area contributed by atoms with Gasteiger partial charge in [0, 0.05) is 5.56 Å². The lowest BCUT2D eigenvalue weighted by Crippen LogP contribution is -2.18. The lowest BCUT2D eigenvalue weighted by Gasteiger charge is -2.12. The molecule has 0 amide bonds. The molecule has 19 heavy (non-hydrogen) atoms. The van der Waals surface area contributed by atoms with E-state index >= 15 is 0 Å². The Kier molecular flexibility index (Phi) is 5.17. The van der Waals surface area contributed by atoms with Crippen LogP contribution in [0.5, 0.6) is 11.5 Å². The molecule has 0 aliphatic heterocycles. The van der Waals surface area contributed by atoms with Crippen molar-refractivity contribution < 1.29 is 32.2 Å². The fraction of sp³-hybridized carbons (Fsp3) is 0.417. The first-order valence-corrected chi connectivity index (χ1v) is 5.36. The molecule has 0 aliphatic carbocycles. The van der Waals surface area contributed by atoms with Crippen LogP contribution >= 0.6 is 0 Å². The van der Waals surface area contributed by atoms with Crippen molar-refractivity contribution in [2.24, 2.45) is 0 Å². The molecule has 1 aromatic carbocycles. The van der Waals surface area contributed by atoms with Crippen LogP contribution < -0.4 is 9.47 Å². The number of alkyl halides is 3. The molecule has 0 unspecified atom stereocenters. The minimum Gasteiger partial charge on any atom is -0.493 e. The Morgan fingerprint density at radius 3 is 2.42 bits per heavy atom. The van der Waals surface area contributed by atoms with Crippen molar-refractivity contribution in [2.75, 3.05) is 20.3 Å². The van der Waals surface area contributed by atoms with Gasteiger partial charge in [0.15, 0.2) is 17.3 Å². The molecular weight excluding hydrogens is 265 g/mol. The molecule has 0 heterocycles. The number of ketones is 1. The van der Waals surface area contributed by atoms with E-state index in [1.54, 1.807) is 0 Å². The third kappa shape index (κ3) is 5.17. The highest BCUT2D eigenvalue weighted by atomic mass is 19.4. The van der Waals surface area contributed by atoms with Crippen molar-refractivity contribution in [1.29, 1.82) is 0 Å². The summed E-state index contributed by atoms with van der Waals surface area (Å²) >= 11 is 0. The maximum absolute atomic E-state index is 11.7. The van der Waals surface area contributed by atoms with Crippen molar-refractivity contribution in [3.63, 3.8) is 0 Å². The summed E-state index contributed by atoms with van der Waals surface area (Å²) in [5.41, 5.74) is 0.427. The summed E-state index contributed by atoms with van der Waals surface area (Å²) in [6, 6.07) is 4.43. The normalized spacial score (nSPS) is 11.2. The number of rotatable bonds is 6. The van der Waals surface area contributed by atoms with Crippen LogP contribution in [-0.4, -0.2) is 32.5 Å². The molecule has 0 spiro atoms. The summed E-state index contributed by atoms with van der Waals surface area (Å²) in [6.45, 7) is 0.489. The van der Waals surface area contributed by atoms with Crippen LogP contribution in [-0.2, 0) is 4.74 Å². The van der Waals surface area contributed by atoms with Crippen molar-refractivity contribution in [3.05, 3.63) is 23.8 Å². The molecule has 0 saturated carbocycles. The predicted molar refractivity (Wildman–Crippen MR) is 60.5 cm³/mol. The average Bonchev–Trinajstić information content (AvgIpc) is 2.33. The van der Waals surface area contributed by atoms with Crippen molar-refractivity contribution >= 4 is 5.78 Å². The summed E-state index contributed by atoms with van der Waals surface area (Å²) in [4.78, 5) is 11.2. The Morgan fingerprint density at radius 1 is 1.21 bits per heavy atom. The molecule has 0 saturated heterocycles. The number of halogens is 3. The van der Waals surface area contributed by atoms with E-state index in [1.165, 1.54) is 32.2 Å². The van der Waals surface area contributed by atoms with Gasteiger partial charge in [-0.2, -0.15) is 0 Å². The van der Waals surface area contributed by atoms with Gasteiger partial charge >= 0.3 is 6.36 Å². The summed E-state index contributed by atoms with van der Waals surface area (Å²) in [7, 11) is 1.37. The minimum atomic E-state index is -4.67. The number of carbonyl (C=O) groups excluding carboxylic acids is 1. The van der Waals surface area contributed by atoms with E-state index in [4.69, 9.17) is 9.47 Å². The molecule has 0 aliphatic rings. The largest absolute Gasteiger partial charge is 0.522 e. The second kappa shape index (κ2) is 6.42. The van der Waals surface area contributed by atoms with Gasteiger partial charge in [-0.1, -0.05) is 0 Å². The first-order chi connectivity index (χ1) is 8.83. The van der Waals surface area contributed by atoms with Gasteiger partial charge in [-0.3, -0.25) is 9.53 Å². The average molecular weight is 278 g/mol. The Labute approximate surface area is 108 Å². The highest BCUT2D eigenvalue weighted by molar-refractivity contribution is 5.94.